The molecule has 5 heteroatoms. The highest BCUT2D eigenvalue weighted by Crippen LogP contribution is 2.36. The molecule has 1 heterocycles. The molecule has 0 fully saturated rings. The second-order valence-corrected chi connectivity index (χ2v) is 7.21. The summed E-state index contributed by atoms with van der Waals surface area (Å²) in [6, 6.07) is 5.82. The third-order valence-corrected chi connectivity index (χ3v) is 3.96. The molecule has 2 rings (SSSR count). The molecule has 1 aromatic rings. The molecule has 0 atom stereocenters. The minimum Gasteiger partial charge on any atom is -0.377 e. The van der Waals surface area contributed by atoms with Crippen LogP contribution in [-0.2, 0) is 10.0 Å². The first-order valence-electron chi connectivity index (χ1n) is 5.56. The third-order valence-electron chi connectivity index (χ3n) is 2.83. The molecule has 1 aliphatic heterocycles. The summed E-state index contributed by atoms with van der Waals surface area (Å²) in [5.74, 6) is 0. The number of rotatable bonds is 1. The van der Waals surface area contributed by atoms with Gasteiger partial charge in [-0.3, -0.25) is 4.31 Å². The van der Waals surface area contributed by atoms with Crippen LogP contribution in [0.4, 0.5) is 11.4 Å². The first kappa shape index (κ1) is 12.2. The van der Waals surface area contributed by atoms with E-state index in [0.29, 0.717) is 6.54 Å². The van der Waals surface area contributed by atoms with Crippen molar-refractivity contribution in [3.05, 3.63) is 23.8 Å². The lowest BCUT2D eigenvalue weighted by Crippen LogP contribution is -2.50. The maximum Gasteiger partial charge on any atom is 0.232 e. The summed E-state index contributed by atoms with van der Waals surface area (Å²) in [7, 11) is -3.23. The van der Waals surface area contributed by atoms with Gasteiger partial charge in [-0.25, -0.2) is 8.42 Å². The molecular weight excluding hydrogens is 236 g/mol. The number of benzene rings is 1. The zero-order valence-corrected chi connectivity index (χ0v) is 11.4. The zero-order valence-electron chi connectivity index (χ0n) is 10.6. The second kappa shape index (κ2) is 3.63. The number of nitrogens with one attached hydrogen (secondary N) is 1. The van der Waals surface area contributed by atoms with E-state index in [1.165, 1.54) is 10.6 Å². The molecule has 94 valence electrons. The number of hydrogen-bond donors (Lipinski definition) is 1. The second-order valence-electron chi connectivity index (χ2n) is 5.30. The fraction of sp³-hybridized carbons (Fsp3) is 0.500. The molecule has 0 amide bonds. The van der Waals surface area contributed by atoms with E-state index < -0.39 is 10.0 Å². The van der Waals surface area contributed by atoms with Gasteiger partial charge in [0.2, 0.25) is 10.0 Å². The summed E-state index contributed by atoms with van der Waals surface area (Å²) >= 11 is 0. The van der Waals surface area contributed by atoms with E-state index in [4.69, 9.17) is 0 Å². The van der Waals surface area contributed by atoms with Gasteiger partial charge in [0, 0.05) is 0 Å². The van der Waals surface area contributed by atoms with Gasteiger partial charge in [0.15, 0.2) is 0 Å². The fourth-order valence-electron chi connectivity index (χ4n) is 2.10. The summed E-state index contributed by atoms with van der Waals surface area (Å²) in [6.45, 7) is 6.39. The lowest BCUT2D eigenvalue weighted by atomic mass is 10.0. The van der Waals surface area contributed by atoms with Gasteiger partial charge in [-0.05, 0) is 38.5 Å². The summed E-state index contributed by atoms with van der Waals surface area (Å²) in [6.07, 6.45) is 1.25. The van der Waals surface area contributed by atoms with Crippen LogP contribution in [0.3, 0.4) is 0 Å². The topological polar surface area (TPSA) is 49.4 Å². The van der Waals surface area contributed by atoms with Gasteiger partial charge in [-0.15, -0.1) is 0 Å². The van der Waals surface area contributed by atoms with Crippen LogP contribution in [0.5, 0.6) is 0 Å². The van der Waals surface area contributed by atoms with Gasteiger partial charge in [0.25, 0.3) is 0 Å². The Labute approximate surface area is 103 Å². The number of anilines is 2. The SMILES string of the molecule is Cc1ccc2c(c1)N(S(C)(=O)=O)CC(C)(C)N2. The van der Waals surface area contributed by atoms with E-state index in [1.807, 2.05) is 39.0 Å². The number of hydrogen-bond acceptors (Lipinski definition) is 3. The van der Waals surface area contributed by atoms with Crippen LogP contribution in [0.1, 0.15) is 19.4 Å². The Balaban J connectivity index is 2.60. The Morgan fingerprint density at radius 1 is 1.35 bits per heavy atom. The Kier molecular flexibility index (Phi) is 2.61. The quantitative estimate of drug-likeness (QED) is 0.833. The molecule has 17 heavy (non-hydrogen) atoms. The normalized spacial score (nSPS) is 18.5. The van der Waals surface area contributed by atoms with Crippen molar-refractivity contribution >= 4 is 21.4 Å². The molecule has 1 aromatic carbocycles. The fourth-order valence-corrected chi connectivity index (χ4v) is 3.16. The molecule has 0 unspecified atom stereocenters. The first-order valence-corrected chi connectivity index (χ1v) is 7.40. The van der Waals surface area contributed by atoms with E-state index >= 15 is 0 Å². The predicted molar refractivity (Wildman–Crippen MR) is 71.1 cm³/mol. The molecule has 0 saturated carbocycles. The Bertz CT molecular complexity index is 550. The van der Waals surface area contributed by atoms with Gasteiger partial charge in [0.05, 0.1) is 29.7 Å². The maximum absolute atomic E-state index is 11.8. The van der Waals surface area contributed by atoms with Crippen LogP contribution in [0.15, 0.2) is 18.2 Å². The first-order chi connectivity index (χ1) is 7.69. The third kappa shape index (κ3) is 2.39. The van der Waals surface area contributed by atoms with Crippen molar-refractivity contribution < 1.29 is 8.42 Å². The standard InChI is InChI=1S/C12H18N2O2S/c1-9-5-6-10-11(7-9)14(17(4,15)16)8-12(2,3)13-10/h5-7,13H,8H2,1-4H3. The van der Waals surface area contributed by atoms with Crippen molar-refractivity contribution in [2.45, 2.75) is 26.3 Å². The van der Waals surface area contributed by atoms with Gasteiger partial charge in [0.1, 0.15) is 0 Å². The van der Waals surface area contributed by atoms with Gasteiger partial charge >= 0.3 is 0 Å². The van der Waals surface area contributed by atoms with Crippen LogP contribution in [0, 0.1) is 6.92 Å². The van der Waals surface area contributed by atoms with E-state index in [1.54, 1.807) is 0 Å². The average Bonchev–Trinajstić information content (AvgIpc) is 2.15. The molecule has 0 aromatic heterocycles. The highest BCUT2D eigenvalue weighted by atomic mass is 32.2. The molecule has 0 spiro atoms. The van der Waals surface area contributed by atoms with Crippen molar-refractivity contribution in [2.75, 3.05) is 22.4 Å². The highest BCUT2D eigenvalue weighted by molar-refractivity contribution is 7.92. The molecular formula is C12H18N2O2S. The van der Waals surface area contributed by atoms with Gasteiger partial charge in [-0.1, -0.05) is 6.07 Å². The van der Waals surface area contributed by atoms with E-state index in [0.717, 1.165) is 16.9 Å². The lowest BCUT2D eigenvalue weighted by Gasteiger charge is -2.40. The summed E-state index contributed by atoms with van der Waals surface area (Å²) in [5.41, 5.74) is 2.41. The van der Waals surface area contributed by atoms with Crippen LogP contribution in [0.2, 0.25) is 0 Å². The number of nitrogens with zero attached hydrogens (tertiary/aromatic N) is 1. The summed E-state index contributed by atoms with van der Waals surface area (Å²) < 4.78 is 25.2. The van der Waals surface area contributed by atoms with Crippen LogP contribution < -0.4 is 9.62 Å². The van der Waals surface area contributed by atoms with Crippen molar-refractivity contribution in [3.8, 4) is 0 Å². The van der Waals surface area contributed by atoms with Crippen LogP contribution >= 0.6 is 0 Å². The number of sulfonamides is 1. The zero-order chi connectivity index (χ0) is 12.8. The number of aryl methyl sites for hydroxylation is 1. The Hall–Kier alpha value is -1.23. The smallest absolute Gasteiger partial charge is 0.232 e. The Morgan fingerprint density at radius 3 is 2.59 bits per heavy atom. The minimum absolute atomic E-state index is 0.259. The monoisotopic (exact) mass is 254 g/mol. The van der Waals surface area contributed by atoms with Crippen LogP contribution in [0.25, 0.3) is 0 Å². The molecule has 0 saturated heterocycles. The maximum atomic E-state index is 11.8. The lowest BCUT2D eigenvalue weighted by molar-refractivity contribution is 0.546. The van der Waals surface area contributed by atoms with Crippen molar-refractivity contribution in [1.29, 1.82) is 0 Å². The van der Waals surface area contributed by atoms with E-state index in [-0.39, 0.29) is 5.54 Å². The molecule has 0 radical (unpaired) electrons. The molecule has 1 aliphatic rings. The largest absolute Gasteiger partial charge is 0.377 e. The predicted octanol–water partition coefficient (Wildman–Crippen LogP) is 1.97. The minimum atomic E-state index is -3.23. The summed E-state index contributed by atoms with van der Waals surface area (Å²) in [5, 5.41) is 3.36. The van der Waals surface area contributed by atoms with Gasteiger partial charge in [-0.2, -0.15) is 0 Å². The molecule has 1 N–H and O–H groups in total. The summed E-state index contributed by atoms with van der Waals surface area (Å²) in [4.78, 5) is 0. The molecule has 4 nitrogen and oxygen atoms in total. The van der Waals surface area contributed by atoms with Crippen molar-refractivity contribution in [1.82, 2.24) is 0 Å². The Morgan fingerprint density at radius 2 is 2.00 bits per heavy atom. The molecule has 0 aliphatic carbocycles. The average molecular weight is 254 g/mol. The van der Waals surface area contributed by atoms with Crippen molar-refractivity contribution in [2.24, 2.45) is 0 Å². The van der Waals surface area contributed by atoms with Crippen LogP contribution in [-0.4, -0.2) is 26.8 Å². The van der Waals surface area contributed by atoms with E-state index in [2.05, 4.69) is 5.32 Å². The highest BCUT2D eigenvalue weighted by Gasteiger charge is 2.33. The van der Waals surface area contributed by atoms with E-state index in [9.17, 15) is 8.42 Å². The van der Waals surface area contributed by atoms with Gasteiger partial charge < -0.3 is 5.32 Å². The molecule has 0 bridgehead atoms. The van der Waals surface area contributed by atoms with Crippen molar-refractivity contribution in [3.63, 3.8) is 0 Å². The number of fused-ring (bicyclic) bond motifs is 1.